The first kappa shape index (κ1) is 12.9. The fraction of sp³-hybridized carbons (Fsp3) is 0.786. The van der Waals surface area contributed by atoms with Crippen LogP contribution in [0.5, 0.6) is 0 Å². The minimum absolute atomic E-state index is 0.451. The first-order valence-electron chi connectivity index (χ1n) is 6.51. The highest BCUT2D eigenvalue weighted by molar-refractivity contribution is 7.80. The number of nitrogens with one attached hydrogen (secondary N) is 1. The third-order valence-corrected chi connectivity index (χ3v) is 4.45. The lowest BCUT2D eigenvalue weighted by atomic mass is 9.65. The molecule has 2 nitrogen and oxygen atoms in total. The topological polar surface area (TPSA) is 15.3 Å². The molecule has 0 aromatic carbocycles. The maximum Gasteiger partial charge on any atom is 0.169 e. The Labute approximate surface area is 110 Å². The van der Waals surface area contributed by atoms with E-state index in [9.17, 15) is 0 Å². The van der Waals surface area contributed by atoms with Crippen molar-refractivity contribution < 1.29 is 0 Å². The molecule has 3 heteroatoms. The van der Waals surface area contributed by atoms with E-state index in [1.54, 1.807) is 0 Å². The van der Waals surface area contributed by atoms with Gasteiger partial charge in [0.1, 0.15) is 0 Å². The minimum Gasteiger partial charge on any atom is -0.359 e. The average Bonchev–Trinajstić information content (AvgIpc) is 2.44. The second-order valence-electron chi connectivity index (χ2n) is 6.82. The monoisotopic (exact) mass is 252 g/mol. The van der Waals surface area contributed by atoms with Gasteiger partial charge in [0.25, 0.3) is 0 Å². The van der Waals surface area contributed by atoms with Gasteiger partial charge >= 0.3 is 0 Å². The fourth-order valence-corrected chi connectivity index (χ4v) is 4.26. The summed E-state index contributed by atoms with van der Waals surface area (Å²) in [5, 5.41) is 4.18. The summed E-state index contributed by atoms with van der Waals surface area (Å²) in [5.74, 6) is 0. The molecule has 2 aliphatic rings. The van der Waals surface area contributed by atoms with Gasteiger partial charge in [0.05, 0.1) is 0 Å². The Hall–Kier alpha value is -0.570. The van der Waals surface area contributed by atoms with Crippen LogP contribution in [0.3, 0.4) is 0 Å². The third-order valence-electron chi connectivity index (χ3n) is 4.07. The highest BCUT2D eigenvalue weighted by Crippen LogP contribution is 2.52. The van der Waals surface area contributed by atoms with Gasteiger partial charge in [-0.15, -0.1) is 6.58 Å². The van der Waals surface area contributed by atoms with Gasteiger partial charge in [-0.25, -0.2) is 0 Å². The number of hydrogen-bond donors (Lipinski definition) is 1. The normalized spacial score (nSPS) is 34.5. The van der Waals surface area contributed by atoms with Crippen molar-refractivity contribution in [2.75, 3.05) is 13.1 Å². The zero-order valence-electron chi connectivity index (χ0n) is 11.3. The molecule has 0 aromatic rings. The zero-order chi connectivity index (χ0) is 12.7. The van der Waals surface area contributed by atoms with Gasteiger partial charge < -0.3 is 10.2 Å². The summed E-state index contributed by atoms with van der Waals surface area (Å²) >= 11 is 5.49. The van der Waals surface area contributed by atoms with Crippen LogP contribution in [-0.4, -0.2) is 29.1 Å². The van der Waals surface area contributed by atoms with E-state index >= 15 is 0 Å². The van der Waals surface area contributed by atoms with Crippen molar-refractivity contribution in [3.63, 3.8) is 0 Å². The summed E-state index contributed by atoms with van der Waals surface area (Å²) in [4.78, 5) is 2.41. The van der Waals surface area contributed by atoms with E-state index in [-0.39, 0.29) is 0 Å². The largest absolute Gasteiger partial charge is 0.359 e. The van der Waals surface area contributed by atoms with Crippen LogP contribution in [0, 0.1) is 10.8 Å². The number of rotatable bonds is 2. The van der Waals surface area contributed by atoms with Crippen molar-refractivity contribution in [2.24, 2.45) is 10.8 Å². The van der Waals surface area contributed by atoms with Gasteiger partial charge in [-0.05, 0) is 42.3 Å². The molecule has 1 N–H and O–H groups in total. The van der Waals surface area contributed by atoms with Crippen LogP contribution in [-0.2, 0) is 0 Å². The maximum absolute atomic E-state index is 5.49. The molecule has 2 atom stereocenters. The summed E-state index contributed by atoms with van der Waals surface area (Å²) in [6.07, 6.45) is 5.74. The summed E-state index contributed by atoms with van der Waals surface area (Å²) < 4.78 is 0. The predicted molar refractivity (Wildman–Crippen MR) is 77.0 cm³/mol. The molecule has 1 saturated carbocycles. The Bertz CT molecular complexity index is 337. The number of nitrogens with zero attached hydrogens (tertiary/aromatic N) is 1. The maximum atomic E-state index is 5.49. The van der Waals surface area contributed by atoms with E-state index in [4.69, 9.17) is 12.2 Å². The molecule has 1 heterocycles. The number of fused-ring (bicyclic) bond motifs is 2. The molecule has 17 heavy (non-hydrogen) atoms. The van der Waals surface area contributed by atoms with Crippen LogP contribution >= 0.6 is 12.2 Å². The highest BCUT2D eigenvalue weighted by Gasteiger charge is 2.50. The molecule has 0 spiro atoms. The first-order chi connectivity index (χ1) is 7.85. The van der Waals surface area contributed by atoms with Gasteiger partial charge in [0.2, 0.25) is 0 Å². The van der Waals surface area contributed by atoms with Crippen molar-refractivity contribution in [3.8, 4) is 0 Å². The van der Waals surface area contributed by atoms with E-state index in [1.165, 1.54) is 19.3 Å². The van der Waals surface area contributed by atoms with Crippen LogP contribution in [0.15, 0.2) is 12.7 Å². The Morgan fingerprint density at radius 1 is 1.47 bits per heavy atom. The van der Waals surface area contributed by atoms with Crippen molar-refractivity contribution >= 4 is 17.3 Å². The van der Waals surface area contributed by atoms with Gasteiger partial charge in [0, 0.05) is 19.1 Å². The van der Waals surface area contributed by atoms with Crippen LogP contribution in [0.4, 0.5) is 0 Å². The van der Waals surface area contributed by atoms with Crippen LogP contribution in [0.25, 0.3) is 0 Å². The SMILES string of the molecule is C=CCNC(=S)N1C[C@@]2(C)C[C@H]1CC(C)(C)C2. The van der Waals surface area contributed by atoms with Crippen LogP contribution in [0.2, 0.25) is 0 Å². The Kier molecular flexibility index (Phi) is 3.23. The van der Waals surface area contributed by atoms with Crippen LogP contribution in [0.1, 0.15) is 40.0 Å². The van der Waals surface area contributed by atoms with Crippen molar-refractivity contribution in [1.29, 1.82) is 0 Å². The van der Waals surface area contributed by atoms with Crippen molar-refractivity contribution in [2.45, 2.75) is 46.1 Å². The summed E-state index contributed by atoms with van der Waals surface area (Å²) in [6, 6.07) is 0.633. The molecule has 0 unspecified atom stereocenters. The lowest BCUT2D eigenvalue weighted by Gasteiger charge is -2.39. The molecular weight excluding hydrogens is 228 g/mol. The minimum atomic E-state index is 0.451. The van der Waals surface area contributed by atoms with Gasteiger partial charge in [0.15, 0.2) is 5.11 Å². The Balaban J connectivity index is 2.08. The van der Waals surface area contributed by atoms with Crippen molar-refractivity contribution in [1.82, 2.24) is 10.2 Å². The predicted octanol–water partition coefficient (Wildman–Crippen LogP) is 2.95. The number of likely N-dealkylation sites (tertiary alicyclic amines) is 1. The lowest BCUT2D eigenvalue weighted by Crippen LogP contribution is -2.43. The molecule has 2 rings (SSSR count). The molecular formula is C14H24N2S. The van der Waals surface area contributed by atoms with Gasteiger partial charge in [-0.2, -0.15) is 0 Å². The van der Waals surface area contributed by atoms with E-state index in [2.05, 4.69) is 37.6 Å². The highest BCUT2D eigenvalue weighted by atomic mass is 32.1. The van der Waals surface area contributed by atoms with E-state index in [1.807, 2.05) is 6.08 Å². The van der Waals surface area contributed by atoms with E-state index in [0.717, 1.165) is 18.2 Å². The number of hydrogen-bond acceptors (Lipinski definition) is 1. The second kappa shape index (κ2) is 4.27. The lowest BCUT2D eigenvalue weighted by molar-refractivity contribution is 0.132. The summed E-state index contributed by atoms with van der Waals surface area (Å²) in [6.45, 7) is 12.8. The van der Waals surface area contributed by atoms with E-state index in [0.29, 0.717) is 16.9 Å². The molecule has 1 aliphatic heterocycles. The molecule has 2 fully saturated rings. The molecule has 0 amide bonds. The molecule has 96 valence electrons. The smallest absolute Gasteiger partial charge is 0.169 e. The standard InChI is InChI=1S/C14H24N2S/c1-5-6-15-12(17)16-10-14(4)8-11(16)7-13(2,3)9-14/h5,11H,1,6-10H2,2-4H3,(H,15,17)/t11-,14+/m1/s1. The summed E-state index contributed by atoms with van der Waals surface area (Å²) in [5.41, 5.74) is 0.910. The Morgan fingerprint density at radius 2 is 2.18 bits per heavy atom. The van der Waals surface area contributed by atoms with Crippen molar-refractivity contribution in [3.05, 3.63) is 12.7 Å². The molecule has 2 bridgehead atoms. The van der Waals surface area contributed by atoms with Crippen LogP contribution < -0.4 is 5.32 Å². The molecule has 0 aromatic heterocycles. The fourth-order valence-electron chi connectivity index (χ4n) is 3.96. The third kappa shape index (κ3) is 2.65. The van der Waals surface area contributed by atoms with Gasteiger partial charge in [-0.3, -0.25) is 0 Å². The number of thiocarbonyl (C=S) groups is 1. The zero-order valence-corrected chi connectivity index (χ0v) is 12.1. The van der Waals surface area contributed by atoms with E-state index < -0.39 is 0 Å². The summed E-state index contributed by atoms with van der Waals surface area (Å²) in [7, 11) is 0. The first-order valence-corrected chi connectivity index (χ1v) is 6.91. The Morgan fingerprint density at radius 3 is 2.82 bits per heavy atom. The molecule has 0 radical (unpaired) electrons. The quantitative estimate of drug-likeness (QED) is 0.601. The second-order valence-corrected chi connectivity index (χ2v) is 7.20. The molecule has 1 aliphatic carbocycles. The average molecular weight is 252 g/mol. The molecule has 1 saturated heterocycles. The van der Waals surface area contributed by atoms with Gasteiger partial charge in [-0.1, -0.05) is 26.8 Å².